The number of carbonyl (C=O) groups is 1. The summed E-state index contributed by atoms with van der Waals surface area (Å²) < 4.78 is 13.2. The number of likely N-dealkylation sites (tertiary alicyclic amines) is 1. The minimum absolute atomic E-state index is 0.0492. The molecule has 0 radical (unpaired) electrons. The Morgan fingerprint density at radius 1 is 0.680 bits per heavy atom. The lowest BCUT2D eigenvalue weighted by Gasteiger charge is -2.31. The topological polar surface area (TPSA) is 298 Å². The zero-order chi connectivity index (χ0) is 70.8. The number of benzene rings is 3. The number of hydrogen-bond acceptors (Lipinski definition) is 19. The van der Waals surface area contributed by atoms with E-state index in [-0.39, 0.29) is 29.7 Å². The van der Waals surface area contributed by atoms with Gasteiger partial charge in [-0.2, -0.15) is 30.4 Å². The van der Waals surface area contributed by atoms with E-state index in [0.717, 1.165) is 178 Å². The number of methoxy groups -OCH3 is 1. The summed E-state index contributed by atoms with van der Waals surface area (Å²) in [6.07, 6.45) is 19.8. The molecule has 7 aromatic heterocycles. The molecule has 3 aliphatic carbocycles. The number of amides is 1. The molecular weight excluding hydrogens is 1290 g/mol. The molecule has 0 saturated carbocycles. The molecule has 15 rings (SSSR count). The lowest BCUT2D eigenvalue weighted by molar-refractivity contribution is -0.130. The Labute approximate surface area is 599 Å². The number of carbonyl (C=O) groups excluding carboxylic acids is 1. The Bertz CT molecular complexity index is 4940. The number of aliphatic imine (C=N–C) groups is 4. The number of nitrogens with zero attached hydrogens (tertiary/aromatic N) is 21. The average Bonchev–Trinajstić information content (AvgIpc) is 1.66. The van der Waals surface area contributed by atoms with Crippen molar-refractivity contribution in [2.24, 2.45) is 52.6 Å². The van der Waals surface area contributed by atoms with Crippen LogP contribution in [0.2, 0.25) is 0 Å². The Hall–Kier alpha value is -10.8. The molecule has 2 atom stereocenters. The Morgan fingerprint density at radius 2 is 1.35 bits per heavy atom. The summed E-state index contributed by atoms with van der Waals surface area (Å²) in [7, 11) is 9.89. The maximum Gasteiger partial charge on any atom is 0.251 e. The molecule has 528 valence electrons. The minimum atomic E-state index is -0.168. The van der Waals surface area contributed by atoms with Crippen molar-refractivity contribution in [2.45, 2.75) is 95.9 Å². The number of hydrogen-bond donors (Lipinski definition) is 3. The van der Waals surface area contributed by atoms with Gasteiger partial charge in [0.15, 0.2) is 0 Å². The number of aromatic nitrogens is 14. The van der Waals surface area contributed by atoms with E-state index in [1.54, 1.807) is 20.2 Å². The molecule has 3 aromatic carbocycles. The normalized spacial score (nSPS) is 17.2. The van der Waals surface area contributed by atoms with Crippen LogP contribution in [-0.4, -0.2) is 193 Å². The molecule has 2 unspecified atom stereocenters. The van der Waals surface area contributed by atoms with Gasteiger partial charge >= 0.3 is 0 Å². The first-order valence-corrected chi connectivity index (χ1v) is 35.8. The fraction of sp³-hybridized carbons (Fsp3) is 0.390. The first-order chi connectivity index (χ1) is 50.2. The van der Waals surface area contributed by atoms with Crippen molar-refractivity contribution in [3.05, 3.63) is 166 Å². The number of piperidine rings is 1. The Morgan fingerprint density at radius 3 is 2.11 bits per heavy atom. The summed E-state index contributed by atoms with van der Waals surface area (Å²) in [6, 6.07) is 26.2. The predicted molar refractivity (Wildman–Crippen MR) is 401 cm³/mol. The van der Waals surface area contributed by atoms with Crippen LogP contribution in [0.25, 0.3) is 56.3 Å². The molecule has 2 saturated heterocycles. The number of amidine groups is 2. The number of nitrogens with one attached hydrogen (secondary N) is 1. The van der Waals surface area contributed by atoms with E-state index in [0.29, 0.717) is 88.3 Å². The monoisotopic (exact) mass is 1380 g/mol. The lowest BCUT2D eigenvalue weighted by Crippen LogP contribution is -2.45. The van der Waals surface area contributed by atoms with Crippen molar-refractivity contribution >= 4 is 53.5 Å². The summed E-state index contributed by atoms with van der Waals surface area (Å²) in [6.45, 7) is 12.2. The molecule has 2 fully saturated rings. The summed E-state index contributed by atoms with van der Waals surface area (Å²) in [5.74, 6) is 1.67. The number of nitrogens with two attached hydrogens (primary N) is 2. The van der Waals surface area contributed by atoms with Crippen molar-refractivity contribution in [3.8, 4) is 56.3 Å². The third-order valence-corrected chi connectivity index (χ3v) is 20.9. The molecule has 0 bridgehead atoms. The van der Waals surface area contributed by atoms with Gasteiger partial charge in [-0.25, -0.2) is 29.9 Å². The summed E-state index contributed by atoms with van der Waals surface area (Å²) >= 11 is 0. The summed E-state index contributed by atoms with van der Waals surface area (Å²) in [4.78, 5) is 67.9. The van der Waals surface area contributed by atoms with Crippen LogP contribution in [0.5, 0.6) is 0 Å². The molecule has 5 N–H and O–H groups in total. The number of rotatable bonds is 22. The SMILES string of the molecule is COCCN=CCC(N)=Nc1ncc2c(n1)-c1c(nn(C)c1Cc1ccccc1C)CC2c1cccc(-c2c3c(nn2C)CC(Cc2cccc(-c4c5c(nn4C)CCc4cnc(N=C(N)CC=NCCN6CCN(C)CC6)nc4-5)c2)c2cnc(Nc4cnn(C5CCN(C(C)=O)CC5)c4)nc2-3)c1. The molecule has 26 nitrogen and oxygen atoms in total. The van der Waals surface area contributed by atoms with Gasteiger partial charge in [0.25, 0.3) is 11.9 Å². The van der Waals surface area contributed by atoms with Crippen LogP contribution in [0, 0.1) is 6.92 Å². The lowest BCUT2D eigenvalue weighted by atomic mass is 9.78. The molecule has 10 aromatic rings. The maximum absolute atomic E-state index is 12.2. The van der Waals surface area contributed by atoms with Crippen LogP contribution >= 0.6 is 0 Å². The Kier molecular flexibility index (Phi) is 19.6. The van der Waals surface area contributed by atoms with E-state index in [4.69, 9.17) is 71.5 Å². The molecule has 5 aliphatic rings. The van der Waals surface area contributed by atoms with E-state index in [2.05, 4.69) is 117 Å². The highest BCUT2D eigenvalue weighted by Gasteiger charge is 2.37. The highest BCUT2D eigenvalue weighted by molar-refractivity contribution is 5.95. The smallest absolute Gasteiger partial charge is 0.251 e. The number of anilines is 2. The predicted octanol–water partition coefficient (Wildman–Crippen LogP) is 9.08. The van der Waals surface area contributed by atoms with Gasteiger partial charge in [0, 0.05) is 189 Å². The van der Waals surface area contributed by atoms with Crippen molar-refractivity contribution < 1.29 is 9.53 Å². The van der Waals surface area contributed by atoms with Crippen LogP contribution in [-0.2, 0) is 69.2 Å². The molecule has 1 amide bonds. The summed E-state index contributed by atoms with van der Waals surface area (Å²) in [5.41, 5.74) is 34.7. The zero-order valence-electron chi connectivity index (χ0n) is 59.7. The van der Waals surface area contributed by atoms with Gasteiger partial charge in [0.2, 0.25) is 11.9 Å². The second-order valence-corrected chi connectivity index (χ2v) is 27.8. The number of piperazine rings is 1. The van der Waals surface area contributed by atoms with E-state index < -0.39 is 0 Å². The van der Waals surface area contributed by atoms with E-state index in [1.807, 2.05) is 82.0 Å². The van der Waals surface area contributed by atoms with Crippen molar-refractivity contribution in [1.82, 2.24) is 83.7 Å². The highest BCUT2D eigenvalue weighted by Crippen LogP contribution is 2.49. The fourth-order valence-corrected chi connectivity index (χ4v) is 15.4. The second kappa shape index (κ2) is 29.6. The quantitative estimate of drug-likeness (QED) is 0.0324. The largest absolute Gasteiger partial charge is 0.387 e. The van der Waals surface area contributed by atoms with Crippen molar-refractivity contribution in [3.63, 3.8) is 0 Å². The van der Waals surface area contributed by atoms with Crippen LogP contribution in [0.1, 0.15) is 112 Å². The number of likely N-dealkylation sites (N-methyl/N-ethyl adjacent to an activating group) is 1. The molecule has 2 aliphatic heterocycles. The molecule has 26 heteroatoms. The van der Waals surface area contributed by atoms with Crippen LogP contribution in [0.15, 0.2) is 124 Å². The van der Waals surface area contributed by atoms with E-state index >= 15 is 0 Å². The molecule has 9 heterocycles. The number of fused-ring (bicyclic) bond motifs is 9. The maximum atomic E-state index is 12.2. The average molecular weight is 1380 g/mol. The van der Waals surface area contributed by atoms with Crippen LogP contribution in [0.3, 0.4) is 0 Å². The molecule has 0 spiro atoms. The van der Waals surface area contributed by atoms with Gasteiger partial charge in [-0.05, 0) is 98.4 Å². The van der Waals surface area contributed by atoms with Crippen LogP contribution in [0.4, 0.5) is 23.5 Å². The van der Waals surface area contributed by atoms with Gasteiger partial charge in [0.05, 0.1) is 88.9 Å². The first-order valence-electron chi connectivity index (χ1n) is 35.8. The zero-order valence-corrected chi connectivity index (χ0v) is 59.7. The number of ether oxygens (including phenoxy) is 1. The van der Waals surface area contributed by atoms with Gasteiger partial charge in [-0.1, -0.05) is 60.7 Å². The van der Waals surface area contributed by atoms with Gasteiger partial charge in [-0.15, -0.1) is 0 Å². The fourth-order valence-electron chi connectivity index (χ4n) is 15.4. The second-order valence-electron chi connectivity index (χ2n) is 27.8. The van der Waals surface area contributed by atoms with Gasteiger partial charge in [-0.3, -0.25) is 38.4 Å². The first kappa shape index (κ1) is 68.0. The van der Waals surface area contributed by atoms with Crippen LogP contribution < -0.4 is 16.8 Å². The van der Waals surface area contributed by atoms with Gasteiger partial charge in [0.1, 0.15) is 11.7 Å². The standard InChI is InChI=1S/C77H88N24O2/c1-47-12-8-9-14-50(47)40-64-67-63(93-96(64)4)41-58(60-45-84-77(91-72(60)67)88-66(79)21-25-81-27-35-103-7)51-15-11-17-53(38-51)74-69-62(94-98(74)6)39-55(59-44-83-75(90-71(59)69)86-56-43-85-101(46-56)57-22-28-100(29-23-57)48(2)102)37-49-13-10-16-52(36-49)73-68-61(92-97(73)5)19-18-54-42-82-76(89-70(54)68)87-65(78)20-24-80-26-30-99-33-31-95(3)32-34-99/h8-17,24-25,36,38,42-46,55,57-58H,18-23,26-35,37,39-41H2,1-7H3,(H,83,86,90)(H2,78,82,87,89)(H2,79,84,88,91). The third kappa shape index (κ3) is 14.4. The third-order valence-electron chi connectivity index (χ3n) is 20.9. The number of aryl methyl sites for hydroxylation is 6. The van der Waals surface area contributed by atoms with Gasteiger partial charge < -0.3 is 31.3 Å². The summed E-state index contributed by atoms with van der Waals surface area (Å²) in [5, 5.41) is 24.1. The molecular formula is C77H88N24O2. The molecule has 103 heavy (non-hydrogen) atoms. The van der Waals surface area contributed by atoms with E-state index in [1.165, 1.54) is 11.1 Å². The van der Waals surface area contributed by atoms with E-state index in [9.17, 15) is 4.79 Å². The van der Waals surface area contributed by atoms with Crippen molar-refractivity contribution in [1.29, 1.82) is 0 Å². The minimum Gasteiger partial charge on any atom is -0.387 e. The van der Waals surface area contributed by atoms with Crippen molar-refractivity contribution in [2.75, 3.05) is 85.0 Å². The Balaban J connectivity index is 0.749. The highest BCUT2D eigenvalue weighted by atomic mass is 16.5.